The molecule has 1 aromatic rings. The van der Waals surface area contributed by atoms with E-state index in [0.29, 0.717) is 18.1 Å². The van der Waals surface area contributed by atoms with E-state index in [1.165, 1.54) is 6.42 Å². The molecule has 1 fully saturated rings. The first-order valence-corrected chi connectivity index (χ1v) is 5.68. The zero-order valence-electron chi connectivity index (χ0n) is 7.87. The number of Topliss-reactive ketones (excluding diaryl/α,β-unsaturated/α-hetero) is 1. The van der Waals surface area contributed by atoms with Gasteiger partial charge in [0.05, 0.1) is 0 Å². The second-order valence-electron chi connectivity index (χ2n) is 3.74. The van der Waals surface area contributed by atoms with Crippen LogP contribution in [0, 0.1) is 5.92 Å². The van der Waals surface area contributed by atoms with Gasteiger partial charge in [0, 0.05) is 28.7 Å². The average molecular weight is 254 g/mol. The van der Waals surface area contributed by atoms with Crippen molar-refractivity contribution < 1.29 is 4.79 Å². The van der Waals surface area contributed by atoms with Gasteiger partial charge < -0.3 is 0 Å². The van der Waals surface area contributed by atoms with Crippen LogP contribution in [0.2, 0.25) is 0 Å². The second kappa shape index (κ2) is 4.22. The first kappa shape index (κ1) is 9.84. The van der Waals surface area contributed by atoms with Crippen LogP contribution in [-0.2, 0) is 11.2 Å². The lowest BCUT2D eigenvalue weighted by Gasteiger charge is -2.23. The van der Waals surface area contributed by atoms with E-state index in [9.17, 15) is 4.79 Å². The largest absolute Gasteiger partial charge is 0.299 e. The fourth-order valence-electron chi connectivity index (χ4n) is 1.56. The van der Waals surface area contributed by atoms with Gasteiger partial charge in [-0.15, -0.1) is 0 Å². The van der Waals surface area contributed by atoms with E-state index in [1.807, 2.05) is 12.1 Å². The number of pyridine rings is 1. The number of aromatic nitrogens is 1. The number of ketones is 1. The van der Waals surface area contributed by atoms with Crippen molar-refractivity contribution in [2.75, 3.05) is 0 Å². The maximum atomic E-state index is 11.6. The Morgan fingerprint density at radius 3 is 2.79 bits per heavy atom. The summed E-state index contributed by atoms with van der Waals surface area (Å²) in [4.78, 5) is 15.8. The molecule has 0 amide bonds. The molecule has 0 spiro atoms. The summed E-state index contributed by atoms with van der Waals surface area (Å²) in [5, 5.41) is 0. The summed E-state index contributed by atoms with van der Waals surface area (Å²) in [6, 6.07) is 3.83. The monoisotopic (exact) mass is 253 g/mol. The van der Waals surface area contributed by atoms with Crippen molar-refractivity contribution in [1.29, 1.82) is 0 Å². The van der Waals surface area contributed by atoms with Crippen LogP contribution < -0.4 is 0 Å². The first-order chi connectivity index (χ1) is 6.75. The van der Waals surface area contributed by atoms with Gasteiger partial charge in [0.25, 0.3) is 0 Å². The highest BCUT2D eigenvalue weighted by Crippen LogP contribution is 2.28. The number of nitrogens with zero attached hydrogens (tertiary/aromatic N) is 1. The van der Waals surface area contributed by atoms with Crippen molar-refractivity contribution in [3.05, 3.63) is 28.5 Å². The molecule has 0 atom stereocenters. The van der Waals surface area contributed by atoms with Crippen LogP contribution >= 0.6 is 15.9 Å². The molecule has 2 nitrogen and oxygen atoms in total. The highest BCUT2D eigenvalue weighted by atomic mass is 79.9. The van der Waals surface area contributed by atoms with Crippen LogP contribution in [-0.4, -0.2) is 10.8 Å². The van der Waals surface area contributed by atoms with Gasteiger partial charge in [-0.1, -0.05) is 6.42 Å². The first-order valence-electron chi connectivity index (χ1n) is 4.89. The molecule has 14 heavy (non-hydrogen) atoms. The molecule has 74 valence electrons. The summed E-state index contributed by atoms with van der Waals surface area (Å²) in [5.74, 6) is 0.673. The van der Waals surface area contributed by atoms with Gasteiger partial charge in [-0.2, -0.15) is 0 Å². The third-order valence-electron chi connectivity index (χ3n) is 2.70. The van der Waals surface area contributed by atoms with Gasteiger partial charge >= 0.3 is 0 Å². The molecule has 0 radical (unpaired) electrons. The Balaban J connectivity index is 1.96. The minimum Gasteiger partial charge on any atom is -0.299 e. The highest BCUT2D eigenvalue weighted by molar-refractivity contribution is 9.10. The zero-order valence-corrected chi connectivity index (χ0v) is 9.46. The third-order valence-corrected chi connectivity index (χ3v) is 3.17. The molecule has 0 N–H and O–H groups in total. The molecule has 0 aromatic carbocycles. The smallest absolute Gasteiger partial charge is 0.141 e. The minimum absolute atomic E-state index is 0.320. The van der Waals surface area contributed by atoms with E-state index in [4.69, 9.17) is 0 Å². The number of halogens is 1. The van der Waals surface area contributed by atoms with E-state index in [-0.39, 0.29) is 0 Å². The van der Waals surface area contributed by atoms with Gasteiger partial charge in [0.2, 0.25) is 0 Å². The Labute approximate surface area is 91.9 Å². The third kappa shape index (κ3) is 2.21. The van der Waals surface area contributed by atoms with Crippen molar-refractivity contribution in [1.82, 2.24) is 4.98 Å². The van der Waals surface area contributed by atoms with Crippen molar-refractivity contribution in [3.63, 3.8) is 0 Å². The molecule has 0 saturated heterocycles. The lowest BCUT2D eigenvalue weighted by atomic mass is 9.81. The quantitative estimate of drug-likeness (QED) is 0.830. The Morgan fingerprint density at radius 2 is 2.29 bits per heavy atom. The van der Waals surface area contributed by atoms with E-state index < -0.39 is 0 Å². The number of hydrogen-bond donors (Lipinski definition) is 0. The molecule has 1 saturated carbocycles. The highest BCUT2D eigenvalue weighted by Gasteiger charge is 2.24. The van der Waals surface area contributed by atoms with Crippen molar-refractivity contribution in [2.24, 2.45) is 5.92 Å². The maximum Gasteiger partial charge on any atom is 0.141 e. The fraction of sp³-hybridized carbons (Fsp3) is 0.455. The van der Waals surface area contributed by atoms with Crippen LogP contribution in [0.15, 0.2) is 22.8 Å². The number of carbonyl (C=O) groups is 1. The van der Waals surface area contributed by atoms with Gasteiger partial charge in [0.15, 0.2) is 0 Å². The SMILES string of the molecule is O=C(Cc1ccc(Br)cn1)C1CCC1. The molecule has 0 unspecified atom stereocenters. The number of hydrogen-bond acceptors (Lipinski definition) is 2. The van der Waals surface area contributed by atoms with Gasteiger partial charge in [-0.3, -0.25) is 9.78 Å². The van der Waals surface area contributed by atoms with Crippen LogP contribution in [0.5, 0.6) is 0 Å². The molecule has 1 aliphatic carbocycles. The second-order valence-corrected chi connectivity index (χ2v) is 4.65. The minimum atomic E-state index is 0.320. The lowest BCUT2D eigenvalue weighted by molar-refractivity contribution is -0.124. The van der Waals surface area contributed by atoms with Crippen LogP contribution in [0.1, 0.15) is 25.0 Å². The maximum absolute atomic E-state index is 11.6. The topological polar surface area (TPSA) is 30.0 Å². The fourth-order valence-corrected chi connectivity index (χ4v) is 1.80. The molecule has 1 heterocycles. The Morgan fingerprint density at radius 1 is 1.50 bits per heavy atom. The van der Waals surface area contributed by atoms with Gasteiger partial charge in [-0.25, -0.2) is 0 Å². The normalized spacial score (nSPS) is 16.4. The molecule has 3 heteroatoms. The van der Waals surface area contributed by atoms with Crippen LogP contribution in [0.3, 0.4) is 0 Å². The summed E-state index contributed by atoms with van der Waals surface area (Å²) >= 11 is 3.32. The Bertz CT molecular complexity index is 330. The summed E-state index contributed by atoms with van der Waals surface area (Å²) in [5.41, 5.74) is 0.880. The predicted molar refractivity (Wildman–Crippen MR) is 58.0 cm³/mol. The van der Waals surface area contributed by atoms with Crippen LogP contribution in [0.4, 0.5) is 0 Å². The average Bonchev–Trinajstić information content (AvgIpc) is 2.06. The van der Waals surface area contributed by atoms with Crippen molar-refractivity contribution in [2.45, 2.75) is 25.7 Å². The summed E-state index contributed by atoms with van der Waals surface area (Å²) in [6.07, 6.45) is 5.61. The van der Waals surface area contributed by atoms with Crippen molar-refractivity contribution >= 4 is 21.7 Å². The van der Waals surface area contributed by atoms with Gasteiger partial charge in [-0.05, 0) is 40.9 Å². The van der Waals surface area contributed by atoms with Gasteiger partial charge in [0.1, 0.15) is 5.78 Å². The molecule has 1 aliphatic rings. The van der Waals surface area contributed by atoms with E-state index in [1.54, 1.807) is 6.20 Å². The number of carbonyl (C=O) groups excluding carboxylic acids is 1. The van der Waals surface area contributed by atoms with Crippen LogP contribution in [0.25, 0.3) is 0 Å². The summed E-state index contributed by atoms with van der Waals surface area (Å²) in [7, 11) is 0. The Kier molecular flexibility index (Phi) is 2.96. The molecular weight excluding hydrogens is 242 g/mol. The van der Waals surface area contributed by atoms with E-state index in [0.717, 1.165) is 23.0 Å². The zero-order chi connectivity index (χ0) is 9.97. The standard InChI is InChI=1S/C11H12BrNO/c12-9-4-5-10(13-7-9)6-11(14)8-2-1-3-8/h4-5,7-8H,1-3,6H2. The number of rotatable bonds is 3. The van der Waals surface area contributed by atoms with E-state index >= 15 is 0 Å². The summed E-state index contributed by atoms with van der Waals surface area (Å²) < 4.78 is 0.956. The Hall–Kier alpha value is -0.700. The lowest BCUT2D eigenvalue weighted by Crippen LogP contribution is -2.23. The predicted octanol–water partition coefficient (Wildman–Crippen LogP) is 2.76. The molecule has 2 rings (SSSR count). The molecular formula is C11H12BrNO. The molecule has 1 aromatic heterocycles. The molecule has 0 aliphatic heterocycles. The molecule has 0 bridgehead atoms. The van der Waals surface area contributed by atoms with E-state index in [2.05, 4.69) is 20.9 Å². The van der Waals surface area contributed by atoms with Crippen molar-refractivity contribution in [3.8, 4) is 0 Å². The summed E-state index contributed by atoms with van der Waals surface area (Å²) in [6.45, 7) is 0.